The predicted octanol–water partition coefficient (Wildman–Crippen LogP) is 16.6. The minimum absolute atomic E-state index is 0.149. The van der Waals surface area contributed by atoms with Gasteiger partial charge in [0.1, 0.15) is 11.6 Å². The Labute approximate surface area is 405 Å². The quantitative estimate of drug-likeness (QED) is 0.155. The molecule has 9 rings (SSSR count). The van der Waals surface area contributed by atoms with Crippen molar-refractivity contribution in [2.75, 3.05) is 0 Å². The highest BCUT2D eigenvalue weighted by molar-refractivity contribution is 6.88. The molecular weight excluding hydrogens is 843 g/mol. The van der Waals surface area contributed by atoms with Crippen LogP contribution in [0.1, 0.15) is 79.0 Å². The van der Waals surface area contributed by atoms with Gasteiger partial charge in [-0.3, -0.25) is 9.55 Å². The summed E-state index contributed by atoms with van der Waals surface area (Å²) in [6, 6.07) is 59.2. The summed E-state index contributed by atoms with van der Waals surface area (Å²) in [5.41, 5.74) is 16.9. The molecule has 68 heavy (non-hydrogen) atoms. The SMILES string of the molecule is CC(C)(C)c1cc(-c2cc(-c3ccccc3)ccn2)cc(-c2cccc3c2nc(-c2cc(C(C)(C)C)cc(C(C)(C)C)c2O)n3-c2ccc(-c3ccc([Si](C)(C)C)cc3)cc2-c2ccccc2)c1. The van der Waals surface area contributed by atoms with Crippen molar-refractivity contribution in [2.45, 2.75) is 98.2 Å². The van der Waals surface area contributed by atoms with E-state index in [0.717, 1.165) is 78.0 Å². The smallest absolute Gasteiger partial charge is 0.149 e. The van der Waals surface area contributed by atoms with Crippen LogP contribution < -0.4 is 5.19 Å². The Balaban J connectivity index is 1.35. The third-order valence-electron chi connectivity index (χ3n) is 13.4. The Bertz CT molecular complexity index is 3300. The Kier molecular flexibility index (Phi) is 11.8. The van der Waals surface area contributed by atoms with Crippen molar-refractivity contribution >= 4 is 24.3 Å². The molecule has 0 aliphatic heterocycles. The van der Waals surface area contributed by atoms with Gasteiger partial charge in [0, 0.05) is 28.5 Å². The number of benzene rings is 7. The zero-order valence-corrected chi connectivity index (χ0v) is 43.0. The van der Waals surface area contributed by atoms with Crippen LogP contribution in [-0.2, 0) is 16.2 Å². The maximum Gasteiger partial charge on any atom is 0.149 e. The maximum atomic E-state index is 12.6. The fraction of sp³-hybridized carbons (Fsp3) is 0.238. The number of fused-ring (bicyclic) bond motifs is 1. The lowest BCUT2D eigenvalue weighted by Crippen LogP contribution is -2.37. The Morgan fingerprint density at radius 3 is 1.68 bits per heavy atom. The third-order valence-corrected chi connectivity index (χ3v) is 15.5. The van der Waals surface area contributed by atoms with E-state index in [4.69, 9.17) is 9.97 Å². The number of pyridine rings is 1. The van der Waals surface area contributed by atoms with Gasteiger partial charge >= 0.3 is 0 Å². The number of rotatable bonds is 8. The van der Waals surface area contributed by atoms with Crippen molar-refractivity contribution in [3.8, 4) is 78.6 Å². The minimum atomic E-state index is -1.48. The van der Waals surface area contributed by atoms with E-state index in [9.17, 15) is 5.11 Å². The van der Waals surface area contributed by atoms with Crippen LogP contribution in [0.2, 0.25) is 19.6 Å². The molecule has 0 unspecified atom stereocenters. The summed E-state index contributed by atoms with van der Waals surface area (Å²) in [6.45, 7) is 27.2. The number of nitrogens with zero attached hydrogens (tertiary/aromatic N) is 3. The van der Waals surface area contributed by atoms with E-state index in [0.29, 0.717) is 11.4 Å². The first-order valence-corrected chi connectivity index (χ1v) is 27.5. The van der Waals surface area contributed by atoms with E-state index >= 15 is 0 Å². The molecule has 7 aromatic carbocycles. The lowest BCUT2D eigenvalue weighted by molar-refractivity contribution is 0.446. The Morgan fingerprint density at radius 2 is 1.04 bits per heavy atom. The van der Waals surface area contributed by atoms with Crippen molar-refractivity contribution in [1.82, 2.24) is 14.5 Å². The van der Waals surface area contributed by atoms with Gasteiger partial charge < -0.3 is 5.11 Å². The lowest BCUT2D eigenvalue weighted by Gasteiger charge is -2.27. The summed E-state index contributed by atoms with van der Waals surface area (Å²) >= 11 is 0. The normalized spacial score (nSPS) is 12.5. The number of hydrogen-bond donors (Lipinski definition) is 1. The monoisotopic (exact) mass is 907 g/mol. The second kappa shape index (κ2) is 17.4. The van der Waals surface area contributed by atoms with Crippen molar-refractivity contribution in [2.24, 2.45) is 0 Å². The maximum absolute atomic E-state index is 12.6. The van der Waals surface area contributed by atoms with Crippen LogP contribution in [0.15, 0.2) is 170 Å². The number of phenolic OH excluding ortho intramolecular Hbond substituents is 1. The molecule has 0 spiro atoms. The van der Waals surface area contributed by atoms with E-state index in [1.165, 1.54) is 16.3 Å². The molecule has 2 aromatic heterocycles. The first-order valence-electron chi connectivity index (χ1n) is 24.0. The number of hydrogen-bond acceptors (Lipinski definition) is 3. The van der Waals surface area contributed by atoms with Gasteiger partial charge in [-0.1, -0.05) is 202 Å². The molecule has 0 aliphatic carbocycles. The van der Waals surface area contributed by atoms with E-state index in [1.807, 2.05) is 6.20 Å². The van der Waals surface area contributed by atoms with Gasteiger partial charge in [-0.25, -0.2) is 4.98 Å². The Hall–Kier alpha value is -6.82. The molecule has 0 fully saturated rings. The van der Waals surface area contributed by atoms with E-state index in [-0.39, 0.29) is 22.0 Å². The molecule has 5 heteroatoms. The summed E-state index contributed by atoms with van der Waals surface area (Å²) in [5.74, 6) is 0.945. The summed E-state index contributed by atoms with van der Waals surface area (Å²) in [5, 5.41) is 14.1. The van der Waals surface area contributed by atoms with Crippen LogP contribution >= 0.6 is 0 Å². The number of aromatic hydroxyl groups is 1. The summed E-state index contributed by atoms with van der Waals surface area (Å²) in [7, 11) is -1.48. The second-order valence-corrected chi connectivity index (χ2v) is 27.7. The molecule has 4 nitrogen and oxygen atoms in total. The highest BCUT2D eigenvalue weighted by atomic mass is 28.3. The van der Waals surface area contributed by atoms with Gasteiger partial charge in [0.25, 0.3) is 0 Å². The average Bonchev–Trinajstić information content (AvgIpc) is 3.70. The predicted molar refractivity (Wildman–Crippen MR) is 292 cm³/mol. The van der Waals surface area contributed by atoms with Crippen molar-refractivity contribution in [3.63, 3.8) is 0 Å². The van der Waals surface area contributed by atoms with Crippen molar-refractivity contribution < 1.29 is 5.11 Å². The van der Waals surface area contributed by atoms with Gasteiger partial charge in [0.05, 0.1) is 36.1 Å². The van der Waals surface area contributed by atoms with Crippen molar-refractivity contribution in [3.05, 3.63) is 187 Å². The Morgan fingerprint density at radius 1 is 0.456 bits per heavy atom. The lowest BCUT2D eigenvalue weighted by atomic mass is 9.79. The summed E-state index contributed by atoms with van der Waals surface area (Å²) in [4.78, 5) is 10.7. The van der Waals surface area contributed by atoms with Crippen LogP contribution in [0.3, 0.4) is 0 Å². The zero-order chi connectivity index (χ0) is 48.3. The molecule has 0 bridgehead atoms. The molecular formula is C63H65N3OSi. The first-order chi connectivity index (χ1) is 32.1. The molecule has 342 valence electrons. The number of phenols is 1. The van der Waals surface area contributed by atoms with Gasteiger partial charge in [-0.05, 0) is 109 Å². The molecule has 0 aliphatic rings. The summed E-state index contributed by atoms with van der Waals surface area (Å²) < 4.78 is 2.30. The van der Waals surface area contributed by atoms with Crippen LogP contribution in [-0.4, -0.2) is 27.7 Å². The highest BCUT2D eigenvalue weighted by Crippen LogP contribution is 2.46. The zero-order valence-electron chi connectivity index (χ0n) is 42.0. The molecule has 0 saturated carbocycles. The third kappa shape index (κ3) is 9.12. The van der Waals surface area contributed by atoms with Crippen molar-refractivity contribution in [1.29, 1.82) is 0 Å². The fourth-order valence-corrected chi connectivity index (χ4v) is 10.4. The standard InChI is InChI=1S/C63H65N3OSi/c1-61(2,3)48-35-46(34-47(36-48)55-38-45(32-33-64-55)41-20-15-13-16-21-41)51-24-19-25-57-58(51)65-60(53-39-49(62(4,5)6)40-54(59(53)67)63(7,8)9)66(57)56-31-28-44(37-52(56)43-22-17-14-18-23-43)42-26-29-50(30-27-42)68(10,11)12/h13-40,67H,1-12H3. The molecule has 0 amide bonds. The minimum Gasteiger partial charge on any atom is -0.507 e. The molecule has 9 aromatic rings. The number of para-hydroxylation sites is 1. The number of imidazole rings is 1. The topological polar surface area (TPSA) is 50.9 Å². The fourth-order valence-electron chi connectivity index (χ4n) is 9.25. The molecule has 0 atom stereocenters. The first kappa shape index (κ1) is 46.3. The van der Waals surface area contributed by atoms with Crippen LogP contribution in [0.5, 0.6) is 5.75 Å². The molecule has 0 radical (unpaired) electrons. The van der Waals surface area contributed by atoms with Crippen LogP contribution in [0, 0.1) is 0 Å². The largest absolute Gasteiger partial charge is 0.507 e. The van der Waals surface area contributed by atoms with E-state index in [1.54, 1.807) is 0 Å². The van der Waals surface area contributed by atoms with Gasteiger partial charge in [0.15, 0.2) is 0 Å². The molecule has 2 heterocycles. The van der Waals surface area contributed by atoms with Crippen LogP contribution in [0.25, 0.3) is 83.9 Å². The van der Waals surface area contributed by atoms with Crippen LogP contribution in [0.4, 0.5) is 0 Å². The average molecular weight is 908 g/mol. The van der Waals surface area contributed by atoms with Gasteiger partial charge in [-0.2, -0.15) is 0 Å². The highest BCUT2D eigenvalue weighted by Gasteiger charge is 2.30. The molecule has 0 saturated heterocycles. The second-order valence-electron chi connectivity index (χ2n) is 22.6. The van der Waals surface area contributed by atoms with Gasteiger partial charge in [0.2, 0.25) is 0 Å². The van der Waals surface area contributed by atoms with E-state index in [2.05, 4.69) is 250 Å². The summed E-state index contributed by atoms with van der Waals surface area (Å²) in [6.07, 6.45) is 1.91. The van der Waals surface area contributed by atoms with E-state index < -0.39 is 8.07 Å². The van der Waals surface area contributed by atoms with Gasteiger partial charge in [-0.15, -0.1) is 0 Å². The number of aromatic nitrogens is 3. The molecule has 1 N–H and O–H groups in total.